The minimum atomic E-state index is 0.308. The molecule has 0 fully saturated rings. The van der Waals surface area contributed by atoms with E-state index < -0.39 is 0 Å². The van der Waals surface area contributed by atoms with Crippen molar-refractivity contribution in [3.63, 3.8) is 0 Å². The molecular weight excluding hydrogens is 222 g/mol. The maximum absolute atomic E-state index is 10.1. The van der Waals surface area contributed by atoms with Crippen molar-refractivity contribution in [3.8, 4) is 5.75 Å². The highest BCUT2D eigenvalue weighted by Crippen LogP contribution is 2.31. The Labute approximate surface area is 106 Å². The Hall–Kier alpha value is -2.48. The summed E-state index contributed by atoms with van der Waals surface area (Å²) >= 11 is 0. The van der Waals surface area contributed by atoms with Crippen LogP contribution in [0.2, 0.25) is 0 Å². The third-order valence-corrected chi connectivity index (χ3v) is 2.99. The lowest BCUT2D eigenvalue weighted by Gasteiger charge is -2.11. The van der Waals surface area contributed by atoms with E-state index in [9.17, 15) is 5.11 Å². The second-order valence-corrected chi connectivity index (χ2v) is 4.15. The second-order valence-electron chi connectivity index (χ2n) is 4.15. The molecule has 1 aliphatic heterocycles. The van der Waals surface area contributed by atoms with Gasteiger partial charge in [-0.05, 0) is 23.6 Å². The average Bonchev–Trinajstić information content (AvgIpc) is 2.67. The van der Waals surface area contributed by atoms with Crippen molar-refractivity contribution in [1.82, 2.24) is 5.32 Å². The summed E-state index contributed by atoms with van der Waals surface area (Å²) in [6, 6.07) is 11.6. The molecule has 0 unspecified atom stereocenters. The van der Waals surface area contributed by atoms with Crippen LogP contribution in [0.25, 0.3) is 16.5 Å². The second kappa shape index (κ2) is 4.41. The first-order valence-corrected chi connectivity index (χ1v) is 5.87. The fraction of sp³-hybridized carbons (Fsp3) is 0. The van der Waals surface area contributed by atoms with Gasteiger partial charge in [0, 0.05) is 22.8 Å². The van der Waals surface area contributed by atoms with Gasteiger partial charge in [-0.15, -0.1) is 0 Å². The molecule has 2 nitrogen and oxygen atoms in total. The molecule has 0 aliphatic carbocycles. The minimum absolute atomic E-state index is 0.308. The predicted molar refractivity (Wildman–Crippen MR) is 75.0 cm³/mol. The number of fused-ring (bicyclic) bond motifs is 1. The normalized spacial score (nSPS) is 14.1. The molecule has 0 aromatic heterocycles. The zero-order valence-corrected chi connectivity index (χ0v) is 9.80. The van der Waals surface area contributed by atoms with Gasteiger partial charge in [-0.2, -0.15) is 0 Å². The van der Waals surface area contributed by atoms with Crippen molar-refractivity contribution in [1.29, 1.82) is 0 Å². The quantitative estimate of drug-likeness (QED) is 0.792. The number of phenolic OH excluding ortho intramolecular Hbond substituents is 1. The van der Waals surface area contributed by atoms with Crippen molar-refractivity contribution in [2.45, 2.75) is 0 Å². The highest BCUT2D eigenvalue weighted by atomic mass is 16.3. The van der Waals surface area contributed by atoms with Crippen molar-refractivity contribution < 1.29 is 5.11 Å². The lowest BCUT2D eigenvalue weighted by molar-refractivity contribution is 0.481. The zero-order chi connectivity index (χ0) is 12.4. The lowest BCUT2D eigenvalue weighted by Crippen LogP contribution is -2.03. The first-order chi connectivity index (χ1) is 8.86. The standard InChI is InChI=1S/C16H13NO/c18-15-10-5-7-12-6-4-8-13(16(12)15)14-9-2-1-3-11-17-14/h1-11,17-18H. The highest BCUT2D eigenvalue weighted by Gasteiger charge is 2.08. The van der Waals surface area contributed by atoms with E-state index in [2.05, 4.69) is 5.32 Å². The van der Waals surface area contributed by atoms with E-state index in [-0.39, 0.29) is 0 Å². The van der Waals surface area contributed by atoms with E-state index in [0.29, 0.717) is 5.75 Å². The van der Waals surface area contributed by atoms with Gasteiger partial charge in [-0.1, -0.05) is 42.5 Å². The van der Waals surface area contributed by atoms with Crippen molar-refractivity contribution >= 4 is 16.5 Å². The van der Waals surface area contributed by atoms with E-state index in [1.54, 1.807) is 6.07 Å². The average molecular weight is 235 g/mol. The SMILES string of the molecule is Oc1cccc2cccc(C3=CC=CC=CN3)c12. The summed E-state index contributed by atoms with van der Waals surface area (Å²) in [4.78, 5) is 0. The number of hydrogen-bond acceptors (Lipinski definition) is 2. The van der Waals surface area contributed by atoms with E-state index in [1.807, 2.05) is 60.8 Å². The third-order valence-electron chi connectivity index (χ3n) is 2.99. The summed E-state index contributed by atoms with van der Waals surface area (Å²) in [6.07, 6.45) is 9.76. The molecule has 2 aromatic carbocycles. The van der Waals surface area contributed by atoms with E-state index in [0.717, 1.165) is 22.0 Å². The van der Waals surface area contributed by atoms with Gasteiger partial charge in [-0.3, -0.25) is 0 Å². The van der Waals surface area contributed by atoms with Gasteiger partial charge in [0.15, 0.2) is 0 Å². The monoisotopic (exact) mass is 235 g/mol. The maximum atomic E-state index is 10.1. The molecule has 0 saturated heterocycles. The smallest absolute Gasteiger partial charge is 0.124 e. The zero-order valence-electron chi connectivity index (χ0n) is 9.80. The molecule has 0 atom stereocenters. The number of phenols is 1. The van der Waals surface area contributed by atoms with Crippen LogP contribution >= 0.6 is 0 Å². The Morgan fingerprint density at radius 3 is 2.61 bits per heavy atom. The highest BCUT2D eigenvalue weighted by molar-refractivity contribution is 5.98. The van der Waals surface area contributed by atoms with Crippen LogP contribution in [-0.4, -0.2) is 5.11 Å². The lowest BCUT2D eigenvalue weighted by atomic mass is 10.0. The van der Waals surface area contributed by atoms with E-state index >= 15 is 0 Å². The van der Waals surface area contributed by atoms with Crippen molar-refractivity contribution in [3.05, 3.63) is 72.5 Å². The Balaban J connectivity index is 2.26. The Morgan fingerprint density at radius 1 is 0.889 bits per heavy atom. The van der Waals surface area contributed by atoms with Crippen molar-refractivity contribution in [2.24, 2.45) is 0 Å². The molecular formula is C16H13NO. The van der Waals surface area contributed by atoms with Gasteiger partial charge >= 0.3 is 0 Å². The molecule has 0 spiro atoms. The Bertz CT molecular complexity index is 675. The number of allylic oxidation sites excluding steroid dienone is 4. The molecule has 3 rings (SSSR count). The molecule has 0 amide bonds. The van der Waals surface area contributed by atoms with Crippen LogP contribution in [0.5, 0.6) is 5.75 Å². The van der Waals surface area contributed by atoms with Gasteiger partial charge in [0.2, 0.25) is 0 Å². The van der Waals surface area contributed by atoms with E-state index in [1.165, 1.54) is 0 Å². The maximum Gasteiger partial charge on any atom is 0.124 e. The van der Waals surface area contributed by atoms with Crippen LogP contribution in [0.15, 0.2) is 66.9 Å². The third kappa shape index (κ3) is 1.78. The molecule has 0 radical (unpaired) electrons. The fourth-order valence-corrected chi connectivity index (χ4v) is 2.17. The summed E-state index contributed by atoms with van der Waals surface area (Å²) in [7, 11) is 0. The van der Waals surface area contributed by atoms with Crippen LogP contribution in [0.1, 0.15) is 5.56 Å². The van der Waals surface area contributed by atoms with Crippen LogP contribution < -0.4 is 5.32 Å². The number of rotatable bonds is 1. The molecule has 1 heterocycles. The Morgan fingerprint density at radius 2 is 1.72 bits per heavy atom. The summed E-state index contributed by atoms with van der Waals surface area (Å²) in [5, 5.41) is 15.2. The van der Waals surface area contributed by atoms with Crippen LogP contribution in [0, 0.1) is 0 Å². The van der Waals surface area contributed by atoms with Crippen molar-refractivity contribution in [2.75, 3.05) is 0 Å². The molecule has 2 heteroatoms. The van der Waals surface area contributed by atoms with Gasteiger partial charge < -0.3 is 10.4 Å². The number of hydrogen-bond donors (Lipinski definition) is 2. The number of aromatic hydroxyl groups is 1. The topological polar surface area (TPSA) is 32.3 Å². The number of benzene rings is 2. The Kier molecular flexibility index (Phi) is 2.61. The number of nitrogens with one attached hydrogen (secondary N) is 1. The molecule has 18 heavy (non-hydrogen) atoms. The molecule has 88 valence electrons. The molecule has 2 aromatic rings. The molecule has 0 bridgehead atoms. The summed E-state index contributed by atoms with van der Waals surface area (Å²) < 4.78 is 0. The molecule has 2 N–H and O–H groups in total. The predicted octanol–water partition coefficient (Wildman–Crippen LogP) is 3.56. The first kappa shape index (κ1) is 10.7. The summed E-state index contributed by atoms with van der Waals surface area (Å²) in [5.74, 6) is 0.308. The van der Waals surface area contributed by atoms with Crippen LogP contribution in [0.3, 0.4) is 0 Å². The van der Waals surface area contributed by atoms with Gasteiger partial charge in [0.05, 0.1) is 0 Å². The van der Waals surface area contributed by atoms with Crippen LogP contribution in [-0.2, 0) is 0 Å². The van der Waals surface area contributed by atoms with Gasteiger partial charge in [0.1, 0.15) is 5.75 Å². The van der Waals surface area contributed by atoms with Gasteiger partial charge in [0.25, 0.3) is 0 Å². The largest absolute Gasteiger partial charge is 0.507 e. The molecule has 0 saturated carbocycles. The first-order valence-electron chi connectivity index (χ1n) is 5.87. The minimum Gasteiger partial charge on any atom is -0.507 e. The van der Waals surface area contributed by atoms with E-state index in [4.69, 9.17) is 0 Å². The van der Waals surface area contributed by atoms with Gasteiger partial charge in [-0.25, -0.2) is 0 Å². The summed E-state index contributed by atoms with van der Waals surface area (Å²) in [6.45, 7) is 0. The summed E-state index contributed by atoms with van der Waals surface area (Å²) in [5.41, 5.74) is 1.98. The van der Waals surface area contributed by atoms with Crippen LogP contribution in [0.4, 0.5) is 0 Å². The molecule has 1 aliphatic rings. The fourth-order valence-electron chi connectivity index (χ4n) is 2.17.